The van der Waals surface area contributed by atoms with Gasteiger partial charge in [0.05, 0.1) is 6.10 Å². The Morgan fingerprint density at radius 1 is 1.12 bits per heavy atom. The molecule has 4 fully saturated rings. The fourth-order valence-electron chi connectivity index (χ4n) is 8.39. The zero-order valence-electron chi connectivity index (χ0n) is 20.4. The van der Waals surface area contributed by atoms with Crippen LogP contribution in [0.25, 0.3) is 0 Å². The topological polar surface area (TPSA) is 107 Å². The number of aliphatic hydroxyl groups is 1. The fourth-order valence-corrected chi connectivity index (χ4v) is 8.39. The van der Waals surface area contributed by atoms with Gasteiger partial charge in [-0.05, 0) is 67.6 Å². The molecule has 1 unspecified atom stereocenters. The highest BCUT2D eigenvalue weighted by Crippen LogP contribution is 2.68. The van der Waals surface area contributed by atoms with E-state index in [9.17, 15) is 24.3 Å². The predicted octanol–water partition coefficient (Wildman–Crippen LogP) is 3.39. The summed E-state index contributed by atoms with van der Waals surface area (Å²) < 4.78 is 11.0. The molecular weight excluding hydrogens is 424 g/mol. The first-order chi connectivity index (χ1) is 15.5. The van der Waals surface area contributed by atoms with Crippen LogP contribution >= 0.6 is 0 Å². The van der Waals surface area contributed by atoms with E-state index in [4.69, 9.17) is 9.47 Å². The Hall–Kier alpha value is -1.76. The number of ether oxygens (including phenoxy) is 2. The van der Waals surface area contributed by atoms with Crippen molar-refractivity contribution in [3.63, 3.8) is 0 Å². The van der Waals surface area contributed by atoms with E-state index in [-0.39, 0.29) is 29.6 Å². The van der Waals surface area contributed by atoms with E-state index in [0.29, 0.717) is 37.4 Å². The van der Waals surface area contributed by atoms with Crippen LogP contribution in [0.5, 0.6) is 0 Å². The van der Waals surface area contributed by atoms with E-state index >= 15 is 0 Å². The van der Waals surface area contributed by atoms with Crippen molar-refractivity contribution in [2.45, 2.75) is 97.2 Å². The summed E-state index contributed by atoms with van der Waals surface area (Å²) in [6, 6.07) is 0. The number of rotatable bonds is 5. The number of Topliss-reactive ketones (excluding diaryl/α,β-unsaturated/α-hetero) is 2. The van der Waals surface area contributed by atoms with Crippen molar-refractivity contribution in [2.24, 2.45) is 34.5 Å². The molecule has 33 heavy (non-hydrogen) atoms. The molecule has 0 aromatic carbocycles. The Kier molecular flexibility index (Phi) is 6.26. The highest BCUT2D eigenvalue weighted by atomic mass is 16.6. The smallest absolute Gasteiger partial charge is 0.306 e. The molecule has 184 valence electrons. The third kappa shape index (κ3) is 3.65. The van der Waals surface area contributed by atoms with Gasteiger partial charge in [-0.2, -0.15) is 0 Å². The molecule has 4 aliphatic carbocycles. The normalized spacial score (nSPS) is 44.3. The van der Waals surface area contributed by atoms with Gasteiger partial charge >= 0.3 is 11.9 Å². The maximum absolute atomic E-state index is 13.5. The zero-order valence-corrected chi connectivity index (χ0v) is 20.4. The molecule has 7 heteroatoms. The van der Waals surface area contributed by atoms with Gasteiger partial charge in [0.2, 0.25) is 5.78 Å². The van der Waals surface area contributed by atoms with Crippen LogP contribution in [0.2, 0.25) is 0 Å². The SMILES string of the molecule is CCC(=O)O[C@]1(C(=O)COC(C)=O)CC[C@H]2[C@@H]3CCC4CC(=O)CC[C@]4(C)[C@H]3[C@@H](O)C[C@@]21C. The minimum atomic E-state index is -1.40. The van der Waals surface area contributed by atoms with Crippen LogP contribution in [0.4, 0.5) is 0 Å². The van der Waals surface area contributed by atoms with E-state index < -0.39 is 41.4 Å². The van der Waals surface area contributed by atoms with E-state index in [1.807, 2.05) is 6.92 Å². The summed E-state index contributed by atoms with van der Waals surface area (Å²) in [5.74, 6) is -0.374. The molecule has 4 aliphatic rings. The summed E-state index contributed by atoms with van der Waals surface area (Å²) in [4.78, 5) is 49.5. The van der Waals surface area contributed by atoms with Crippen molar-refractivity contribution in [3.05, 3.63) is 0 Å². The largest absolute Gasteiger partial charge is 0.458 e. The number of fused-ring (bicyclic) bond motifs is 5. The molecule has 0 bridgehead atoms. The van der Waals surface area contributed by atoms with E-state index in [2.05, 4.69) is 6.92 Å². The molecule has 0 saturated heterocycles. The second-order valence-corrected chi connectivity index (χ2v) is 11.4. The average molecular weight is 463 g/mol. The molecule has 0 spiro atoms. The summed E-state index contributed by atoms with van der Waals surface area (Å²) >= 11 is 0. The average Bonchev–Trinajstić information content (AvgIpc) is 3.04. The number of esters is 2. The number of carbonyl (C=O) groups is 4. The lowest BCUT2D eigenvalue weighted by Gasteiger charge is -2.62. The monoisotopic (exact) mass is 462 g/mol. The minimum Gasteiger partial charge on any atom is -0.458 e. The van der Waals surface area contributed by atoms with Gasteiger partial charge in [0.15, 0.2) is 12.2 Å². The lowest BCUT2D eigenvalue weighted by molar-refractivity contribution is -0.212. The van der Waals surface area contributed by atoms with Crippen LogP contribution in [0.3, 0.4) is 0 Å². The summed E-state index contributed by atoms with van der Waals surface area (Å²) in [6.45, 7) is 6.75. The fraction of sp³-hybridized carbons (Fsp3) is 0.846. The van der Waals surface area contributed by atoms with Gasteiger partial charge in [-0.15, -0.1) is 0 Å². The lowest BCUT2D eigenvalue weighted by atomic mass is 9.43. The Morgan fingerprint density at radius 3 is 2.52 bits per heavy atom. The van der Waals surface area contributed by atoms with Crippen LogP contribution in [-0.2, 0) is 28.7 Å². The maximum Gasteiger partial charge on any atom is 0.306 e. The quantitative estimate of drug-likeness (QED) is 0.624. The third-order valence-electron chi connectivity index (χ3n) is 9.97. The molecule has 1 N–H and O–H groups in total. The zero-order chi connectivity index (χ0) is 24.2. The maximum atomic E-state index is 13.5. The van der Waals surface area contributed by atoms with Crippen LogP contribution in [0, 0.1) is 34.5 Å². The van der Waals surface area contributed by atoms with Gasteiger partial charge in [0, 0.05) is 31.6 Å². The Bertz CT molecular complexity index is 852. The molecule has 0 aromatic rings. The second kappa shape index (κ2) is 8.47. The highest BCUT2D eigenvalue weighted by molar-refractivity contribution is 5.93. The van der Waals surface area contributed by atoms with Crippen molar-refractivity contribution >= 4 is 23.5 Å². The van der Waals surface area contributed by atoms with E-state index in [0.717, 1.165) is 25.7 Å². The number of hydrogen-bond acceptors (Lipinski definition) is 7. The first-order valence-corrected chi connectivity index (χ1v) is 12.6. The van der Waals surface area contributed by atoms with Crippen molar-refractivity contribution in [3.8, 4) is 0 Å². The first kappa shape index (κ1) is 24.4. The van der Waals surface area contributed by atoms with Crippen molar-refractivity contribution < 1.29 is 33.8 Å². The number of ketones is 2. The Morgan fingerprint density at radius 2 is 1.85 bits per heavy atom. The molecule has 8 atom stereocenters. The Balaban J connectivity index is 1.70. The van der Waals surface area contributed by atoms with Crippen molar-refractivity contribution in [2.75, 3.05) is 6.61 Å². The molecule has 4 saturated carbocycles. The number of aliphatic hydroxyl groups excluding tert-OH is 1. The molecule has 0 heterocycles. The standard InChI is InChI=1S/C26H38O7/c1-5-22(31)33-26(21(30)14-32-15(2)27)11-9-19-18-7-6-16-12-17(28)8-10-24(16,3)23(18)20(29)13-25(19,26)4/h16,18-20,23,29H,5-14H2,1-4H3/t16?,18-,19-,20-,23+,24-,25-,26-/m0/s1. The minimum absolute atomic E-state index is 0.0728. The van der Waals surface area contributed by atoms with Crippen molar-refractivity contribution in [1.82, 2.24) is 0 Å². The van der Waals surface area contributed by atoms with Gasteiger partial charge in [-0.1, -0.05) is 20.8 Å². The van der Waals surface area contributed by atoms with Gasteiger partial charge in [-0.25, -0.2) is 0 Å². The summed E-state index contributed by atoms with van der Waals surface area (Å²) in [5, 5.41) is 11.6. The van der Waals surface area contributed by atoms with E-state index in [1.165, 1.54) is 6.92 Å². The Labute approximate surface area is 196 Å². The molecule has 0 radical (unpaired) electrons. The van der Waals surface area contributed by atoms with Gasteiger partial charge < -0.3 is 14.6 Å². The van der Waals surface area contributed by atoms with Crippen LogP contribution in [-0.4, -0.2) is 46.9 Å². The lowest BCUT2D eigenvalue weighted by Crippen LogP contribution is -2.64. The molecule has 0 aromatic heterocycles. The van der Waals surface area contributed by atoms with Crippen LogP contribution in [0.15, 0.2) is 0 Å². The highest BCUT2D eigenvalue weighted by Gasteiger charge is 2.70. The molecule has 0 amide bonds. The molecule has 0 aliphatic heterocycles. The second-order valence-electron chi connectivity index (χ2n) is 11.4. The molecule has 4 rings (SSSR count). The summed E-state index contributed by atoms with van der Waals surface area (Å²) in [5.41, 5.74) is -2.22. The van der Waals surface area contributed by atoms with Crippen LogP contribution < -0.4 is 0 Å². The number of hydrogen-bond donors (Lipinski definition) is 1. The van der Waals surface area contributed by atoms with Crippen molar-refractivity contribution in [1.29, 1.82) is 0 Å². The van der Waals surface area contributed by atoms with Gasteiger partial charge in [0.1, 0.15) is 5.78 Å². The van der Waals surface area contributed by atoms with Crippen LogP contribution in [0.1, 0.15) is 85.5 Å². The van der Waals surface area contributed by atoms with Gasteiger partial charge in [-0.3, -0.25) is 19.2 Å². The van der Waals surface area contributed by atoms with E-state index in [1.54, 1.807) is 6.92 Å². The van der Waals surface area contributed by atoms with Gasteiger partial charge in [0.25, 0.3) is 0 Å². The predicted molar refractivity (Wildman–Crippen MR) is 119 cm³/mol. The molecule has 7 nitrogen and oxygen atoms in total. The number of carbonyl (C=O) groups excluding carboxylic acids is 4. The summed E-state index contributed by atoms with van der Waals surface area (Å²) in [6.07, 6.45) is 4.82. The molecular formula is C26H38O7. The first-order valence-electron chi connectivity index (χ1n) is 12.6. The summed E-state index contributed by atoms with van der Waals surface area (Å²) in [7, 11) is 0. The third-order valence-corrected chi connectivity index (χ3v) is 9.97.